The highest BCUT2D eigenvalue weighted by atomic mass is 16.2. The fourth-order valence-electron chi connectivity index (χ4n) is 2.71. The van der Waals surface area contributed by atoms with Crippen molar-refractivity contribution in [3.8, 4) is 0 Å². The second-order valence-corrected chi connectivity index (χ2v) is 6.92. The number of amides is 2. The van der Waals surface area contributed by atoms with E-state index in [9.17, 15) is 9.59 Å². The van der Waals surface area contributed by atoms with E-state index in [1.807, 2.05) is 60.7 Å². The molecule has 0 aliphatic heterocycles. The fraction of sp³-hybridized carbons (Fsp3) is 0.364. The maximum absolute atomic E-state index is 13.0. The van der Waals surface area contributed by atoms with Gasteiger partial charge in [-0.1, -0.05) is 62.4 Å². The number of nitrogens with zero attached hydrogens (tertiary/aromatic N) is 2. The third-order valence-corrected chi connectivity index (χ3v) is 4.30. The number of rotatable bonds is 8. The Balaban J connectivity index is 2.18. The monoisotopic (exact) mass is 352 g/mol. The van der Waals surface area contributed by atoms with Crippen LogP contribution in [0.1, 0.15) is 32.8 Å². The van der Waals surface area contributed by atoms with E-state index in [-0.39, 0.29) is 18.4 Å². The zero-order valence-corrected chi connectivity index (χ0v) is 15.9. The van der Waals surface area contributed by atoms with Gasteiger partial charge in [0.15, 0.2) is 0 Å². The summed E-state index contributed by atoms with van der Waals surface area (Å²) in [4.78, 5) is 28.4. The van der Waals surface area contributed by atoms with Crippen molar-refractivity contribution in [1.82, 2.24) is 4.90 Å². The maximum Gasteiger partial charge on any atom is 0.246 e. The molecular weight excluding hydrogens is 324 g/mol. The molecule has 4 nitrogen and oxygen atoms in total. The number of benzene rings is 2. The van der Waals surface area contributed by atoms with Crippen molar-refractivity contribution in [2.24, 2.45) is 5.92 Å². The molecule has 0 saturated heterocycles. The van der Waals surface area contributed by atoms with E-state index < -0.39 is 0 Å². The minimum atomic E-state index is -0.0704. The number of carbonyl (C=O) groups excluding carboxylic acids is 2. The summed E-state index contributed by atoms with van der Waals surface area (Å²) in [7, 11) is 0. The number of para-hydroxylation sites is 1. The normalized spacial score (nSPS) is 10.6. The van der Waals surface area contributed by atoms with Crippen LogP contribution in [-0.2, 0) is 16.1 Å². The lowest BCUT2D eigenvalue weighted by Gasteiger charge is -2.27. The molecule has 0 atom stereocenters. The van der Waals surface area contributed by atoms with Crippen LogP contribution in [0.2, 0.25) is 0 Å². The van der Waals surface area contributed by atoms with E-state index in [2.05, 4.69) is 13.8 Å². The second kappa shape index (κ2) is 9.76. The molecule has 0 aliphatic carbocycles. The summed E-state index contributed by atoms with van der Waals surface area (Å²) in [6, 6.07) is 19.5. The van der Waals surface area contributed by atoms with Crippen molar-refractivity contribution in [1.29, 1.82) is 0 Å². The van der Waals surface area contributed by atoms with Crippen molar-refractivity contribution in [2.75, 3.05) is 18.0 Å². The van der Waals surface area contributed by atoms with Gasteiger partial charge in [0.1, 0.15) is 6.54 Å². The Morgan fingerprint density at radius 1 is 0.923 bits per heavy atom. The Morgan fingerprint density at radius 2 is 1.50 bits per heavy atom. The molecule has 138 valence electrons. The van der Waals surface area contributed by atoms with Gasteiger partial charge in [-0.3, -0.25) is 9.59 Å². The molecular formula is C22H28N2O2. The SMILES string of the molecule is CC(=O)N(CCC(C)C)CC(=O)N(Cc1ccccc1)c1ccccc1. The van der Waals surface area contributed by atoms with Crippen molar-refractivity contribution in [2.45, 2.75) is 33.7 Å². The standard InChI is InChI=1S/C22H28N2O2/c1-18(2)14-15-23(19(3)25)17-22(26)24(21-12-8-5-9-13-21)16-20-10-6-4-7-11-20/h4-13,18H,14-17H2,1-3H3. The highest BCUT2D eigenvalue weighted by Gasteiger charge is 2.21. The molecule has 2 aromatic carbocycles. The first-order chi connectivity index (χ1) is 12.5. The Morgan fingerprint density at radius 3 is 2.04 bits per heavy atom. The third-order valence-electron chi connectivity index (χ3n) is 4.30. The summed E-state index contributed by atoms with van der Waals surface area (Å²) in [5, 5.41) is 0. The lowest BCUT2D eigenvalue weighted by molar-refractivity contribution is -0.133. The second-order valence-electron chi connectivity index (χ2n) is 6.92. The molecule has 2 aromatic rings. The van der Waals surface area contributed by atoms with Crippen LogP contribution in [-0.4, -0.2) is 29.8 Å². The topological polar surface area (TPSA) is 40.6 Å². The van der Waals surface area contributed by atoms with Crippen molar-refractivity contribution < 1.29 is 9.59 Å². The molecule has 0 heterocycles. The minimum Gasteiger partial charge on any atom is -0.334 e. The Kier molecular flexibility index (Phi) is 7.39. The summed E-state index contributed by atoms with van der Waals surface area (Å²) >= 11 is 0. The predicted octanol–water partition coefficient (Wildman–Crippen LogP) is 4.11. The number of carbonyl (C=O) groups is 2. The molecule has 0 aromatic heterocycles. The van der Waals surface area contributed by atoms with Gasteiger partial charge in [-0.15, -0.1) is 0 Å². The van der Waals surface area contributed by atoms with Crippen LogP contribution >= 0.6 is 0 Å². The molecule has 0 saturated carbocycles. The molecule has 0 fully saturated rings. The quantitative estimate of drug-likeness (QED) is 0.717. The lowest BCUT2D eigenvalue weighted by atomic mass is 10.1. The summed E-state index contributed by atoms with van der Waals surface area (Å²) in [5.41, 5.74) is 1.90. The van der Waals surface area contributed by atoms with Crippen LogP contribution in [0.25, 0.3) is 0 Å². The van der Waals surface area contributed by atoms with E-state index in [0.717, 1.165) is 17.7 Å². The maximum atomic E-state index is 13.0. The van der Waals surface area contributed by atoms with E-state index in [1.165, 1.54) is 6.92 Å². The highest BCUT2D eigenvalue weighted by molar-refractivity contribution is 5.96. The fourth-order valence-corrected chi connectivity index (χ4v) is 2.71. The summed E-state index contributed by atoms with van der Waals surface area (Å²) in [5.74, 6) is 0.354. The molecule has 26 heavy (non-hydrogen) atoms. The summed E-state index contributed by atoms with van der Waals surface area (Å²) in [6.45, 7) is 6.95. The van der Waals surface area contributed by atoms with Crippen LogP contribution in [0.15, 0.2) is 60.7 Å². The first-order valence-electron chi connectivity index (χ1n) is 9.12. The first-order valence-corrected chi connectivity index (χ1v) is 9.12. The van der Waals surface area contributed by atoms with Gasteiger partial charge in [-0.2, -0.15) is 0 Å². The van der Waals surface area contributed by atoms with Crippen molar-refractivity contribution >= 4 is 17.5 Å². The molecule has 0 unspecified atom stereocenters. The smallest absolute Gasteiger partial charge is 0.246 e. The Labute approximate surface area is 156 Å². The van der Waals surface area contributed by atoms with Gasteiger partial charge in [-0.25, -0.2) is 0 Å². The number of hydrogen-bond acceptors (Lipinski definition) is 2. The van der Waals surface area contributed by atoms with Gasteiger partial charge in [0.25, 0.3) is 0 Å². The average molecular weight is 352 g/mol. The van der Waals surface area contributed by atoms with Crippen LogP contribution in [0.5, 0.6) is 0 Å². The lowest BCUT2D eigenvalue weighted by Crippen LogP contribution is -2.42. The zero-order valence-electron chi connectivity index (χ0n) is 15.9. The average Bonchev–Trinajstić information content (AvgIpc) is 2.64. The van der Waals surface area contributed by atoms with E-state index in [1.54, 1.807) is 9.80 Å². The van der Waals surface area contributed by atoms with Gasteiger partial charge in [0.2, 0.25) is 11.8 Å². The molecule has 4 heteroatoms. The Hall–Kier alpha value is -2.62. The summed E-state index contributed by atoms with van der Waals surface area (Å²) in [6.07, 6.45) is 0.886. The van der Waals surface area contributed by atoms with Crippen molar-refractivity contribution in [3.63, 3.8) is 0 Å². The molecule has 0 bridgehead atoms. The number of hydrogen-bond donors (Lipinski definition) is 0. The molecule has 0 N–H and O–H groups in total. The van der Waals surface area contributed by atoms with Crippen LogP contribution in [0, 0.1) is 5.92 Å². The van der Waals surface area contributed by atoms with E-state index >= 15 is 0 Å². The minimum absolute atomic E-state index is 0.0632. The molecule has 2 amide bonds. The van der Waals surface area contributed by atoms with Gasteiger partial charge >= 0.3 is 0 Å². The van der Waals surface area contributed by atoms with Crippen LogP contribution < -0.4 is 4.90 Å². The Bertz CT molecular complexity index is 699. The van der Waals surface area contributed by atoms with E-state index in [4.69, 9.17) is 0 Å². The first kappa shape index (κ1) is 19.7. The van der Waals surface area contributed by atoms with Gasteiger partial charge < -0.3 is 9.80 Å². The largest absolute Gasteiger partial charge is 0.334 e. The molecule has 0 radical (unpaired) electrons. The third kappa shape index (κ3) is 6.03. The van der Waals surface area contributed by atoms with E-state index in [0.29, 0.717) is 19.0 Å². The van der Waals surface area contributed by atoms with Gasteiger partial charge in [0, 0.05) is 19.2 Å². The zero-order chi connectivity index (χ0) is 18.9. The van der Waals surface area contributed by atoms with Gasteiger partial charge in [0.05, 0.1) is 6.54 Å². The molecule has 0 aliphatic rings. The van der Waals surface area contributed by atoms with Crippen LogP contribution in [0.4, 0.5) is 5.69 Å². The molecule has 2 rings (SSSR count). The summed E-state index contributed by atoms with van der Waals surface area (Å²) < 4.78 is 0. The number of anilines is 1. The predicted molar refractivity (Wildman–Crippen MR) is 106 cm³/mol. The van der Waals surface area contributed by atoms with Crippen LogP contribution in [0.3, 0.4) is 0 Å². The van der Waals surface area contributed by atoms with Gasteiger partial charge in [-0.05, 0) is 30.0 Å². The molecule has 0 spiro atoms. The van der Waals surface area contributed by atoms with Crippen molar-refractivity contribution in [3.05, 3.63) is 66.2 Å². The highest BCUT2D eigenvalue weighted by Crippen LogP contribution is 2.18.